The van der Waals surface area contributed by atoms with Crippen LogP contribution in [-0.4, -0.2) is 40.9 Å². The lowest BCUT2D eigenvalue weighted by Crippen LogP contribution is -2.34. The minimum Gasteiger partial charge on any atom is -0.395 e. The molecule has 7 nitrogen and oxygen atoms in total. The van der Waals surface area contributed by atoms with Gasteiger partial charge in [0.25, 0.3) is 11.8 Å². The smallest absolute Gasteiger partial charge is 0.277 e. The van der Waals surface area contributed by atoms with E-state index in [9.17, 15) is 18.8 Å². The molecule has 0 fully saturated rings. The van der Waals surface area contributed by atoms with Gasteiger partial charge in [0.2, 0.25) is 5.91 Å². The molecule has 1 aromatic carbocycles. The van der Waals surface area contributed by atoms with Crippen LogP contribution in [0.15, 0.2) is 23.9 Å². The molecule has 3 N–H and O–H groups in total. The third kappa shape index (κ3) is 2.80. The third-order valence-corrected chi connectivity index (χ3v) is 3.67. The van der Waals surface area contributed by atoms with Crippen molar-refractivity contribution in [3.63, 3.8) is 0 Å². The van der Waals surface area contributed by atoms with E-state index in [0.717, 1.165) is 17.0 Å². The Kier molecular flexibility index (Phi) is 3.83. The zero-order chi connectivity index (χ0) is 16.6. The van der Waals surface area contributed by atoms with Gasteiger partial charge in [-0.2, -0.15) is 0 Å². The topological polar surface area (TPSA) is 98.7 Å². The third-order valence-electron chi connectivity index (χ3n) is 3.67. The van der Waals surface area contributed by atoms with Crippen molar-refractivity contribution in [3.05, 3.63) is 35.3 Å². The van der Waals surface area contributed by atoms with E-state index in [2.05, 4.69) is 10.6 Å². The average Bonchev–Trinajstić information content (AvgIpc) is 2.76. The molecule has 3 rings (SSSR count). The summed E-state index contributed by atoms with van der Waals surface area (Å²) in [5.41, 5.74) is 1.10. The summed E-state index contributed by atoms with van der Waals surface area (Å²) in [5.74, 6) is -1.95. The van der Waals surface area contributed by atoms with Gasteiger partial charge in [-0.3, -0.25) is 19.3 Å². The van der Waals surface area contributed by atoms with Gasteiger partial charge in [0.15, 0.2) is 0 Å². The van der Waals surface area contributed by atoms with Crippen LogP contribution >= 0.6 is 0 Å². The van der Waals surface area contributed by atoms with Crippen LogP contribution in [-0.2, 0) is 20.8 Å². The van der Waals surface area contributed by atoms with E-state index in [1.807, 2.05) is 0 Å². The fourth-order valence-corrected chi connectivity index (χ4v) is 2.59. The molecule has 0 unspecified atom stereocenters. The van der Waals surface area contributed by atoms with Gasteiger partial charge in [0, 0.05) is 18.2 Å². The normalized spacial score (nSPS) is 17.0. The number of halogens is 1. The van der Waals surface area contributed by atoms with Crippen LogP contribution in [0.1, 0.15) is 12.0 Å². The first kappa shape index (κ1) is 15.2. The van der Waals surface area contributed by atoms with Gasteiger partial charge in [0.1, 0.15) is 11.5 Å². The highest BCUT2D eigenvalue weighted by atomic mass is 19.1. The van der Waals surface area contributed by atoms with Gasteiger partial charge in [-0.1, -0.05) is 0 Å². The van der Waals surface area contributed by atoms with Gasteiger partial charge in [-0.25, -0.2) is 4.39 Å². The van der Waals surface area contributed by atoms with E-state index in [1.165, 1.54) is 0 Å². The van der Waals surface area contributed by atoms with Crippen molar-refractivity contribution in [2.45, 2.75) is 12.8 Å². The molecule has 23 heavy (non-hydrogen) atoms. The van der Waals surface area contributed by atoms with Crippen LogP contribution in [0.3, 0.4) is 0 Å². The van der Waals surface area contributed by atoms with E-state index in [0.29, 0.717) is 17.7 Å². The summed E-state index contributed by atoms with van der Waals surface area (Å²) in [5, 5.41) is 14.1. The maximum Gasteiger partial charge on any atom is 0.277 e. The molecule has 2 aliphatic rings. The molecule has 2 aliphatic heterocycles. The summed E-state index contributed by atoms with van der Waals surface area (Å²) < 4.78 is 14.1. The van der Waals surface area contributed by atoms with Crippen LogP contribution in [0.4, 0.5) is 15.8 Å². The van der Waals surface area contributed by atoms with Gasteiger partial charge in [0.05, 0.1) is 18.8 Å². The van der Waals surface area contributed by atoms with Gasteiger partial charge in [-0.15, -0.1) is 0 Å². The van der Waals surface area contributed by atoms with Crippen molar-refractivity contribution in [3.8, 4) is 0 Å². The van der Waals surface area contributed by atoms with E-state index in [4.69, 9.17) is 5.11 Å². The number of anilines is 2. The number of amides is 3. The molecule has 0 aliphatic carbocycles. The summed E-state index contributed by atoms with van der Waals surface area (Å²) in [7, 11) is 0. The second kappa shape index (κ2) is 5.81. The molecule has 1 aromatic rings. The minimum atomic E-state index is -0.609. The van der Waals surface area contributed by atoms with E-state index in [-0.39, 0.29) is 36.9 Å². The Bertz CT molecular complexity index is 744. The number of carbonyl (C=O) groups excluding carboxylic acids is 3. The maximum absolute atomic E-state index is 14.1. The monoisotopic (exact) mass is 319 g/mol. The molecule has 0 bridgehead atoms. The largest absolute Gasteiger partial charge is 0.395 e. The zero-order valence-corrected chi connectivity index (χ0v) is 12.1. The summed E-state index contributed by atoms with van der Waals surface area (Å²) in [6.07, 6.45) is 1.77. The van der Waals surface area contributed by atoms with E-state index in [1.54, 1.807) is 6.07 Å². The van der Waals surface area contributed by atoms with Crippen LogP contribution in [0.2, 0.25) is 0 Å². The van der Waals surface area contributed by atoms with Crippen molar-refractivity contribution in [2.75, 3.05) is 23.8 Å². The summed E-state index contributed by atoms with van der Waals surface area (Å²) in [4.78, 5) is 35.9. The second-order valence-corrected chi connectivity index (χ2v) is 5.24. The Labute approximate surface area is 130 Å². The molecule has 0 atom stereocenters. The number of benzene rings is 1. The number of carbonyl (C=O) groups is 3. The molecule has 2 heterocycles. The molecule has 120 valence electrons. The van der Waals surface area contributed by atoms with Gasteiger partial charge < -0.3 is 15.7 Å². The molecule has 3 amide bonds. The highest BCUT2D eigenvalue weighted by Crippen LogP contribution is 2.30. The maximum atomic E-state index is 14.1. The highest BCUT2D eigenvalue weighted by molar-refractivity contribution is 6.17. The first-order valence-corrected chi connectivity index (χ1v) is 7.07. The Morgan fingerprint density at radius 1 is 1.26 bits per heavy atom. The Morgan fingerprint density at radius 2 is 2.04 bits per heavy atom. The molecular weight excluding hydrogens is 305 g/mol. The average molecular weight is 319 g/mol. The Morgan fingerprint density at radius 3 is 2.78 bits per heavy atom. The first-order chi connectivity index (χ1) is 11.0. The number of hydrogen-bond donors (Lipinski definition) is 3. The van der Waals surface area contributed by atoms with Crippen LogP contribution in [0.5, 0.6) is 0 Å². The quantitative estimate of drug-likeness (QED) is 0.696. The van der Waals surface area contributed by atoms with Gasteiger partial charge in [-0.05, 0) is 24.1 Å². The summed E-state index contributed by atoms with van der Waals surface area (Å²) >= 11 is 0. The fraction of sp³-hybridized carbons (Fsp3) is 0.267. The summed E-state index contributed by atoms with van der Waals surface area (Å²) in [6.45, 7) is -0.421. The zero-order valence-electron chi connectivity index (χ0n) is 12.1. The predicted octanol–water partition coefficient (Wildman–Crippen LogP) is 0.367. The molecule has 0 saturated heterocycles. The number of aliphatic hydroxyl groups excluding tert-OH is 1. The molecular formula is C15H14FN3O4. The lowest BCUT2D eigenvalue weighted by molar-refractivity contribution is -0.137. The van der Waals surface area contributed by atoms with Crippen molar-refractivity contribution in [2.24, 2.45) is 0 Å². The standard InChI is InChI=1S/C15H14FN3O4/c16-10-6-9(5-8-1-2-12(21)18-14(8)10)17-11-7-13(22)19(3-4-20)15(11)23/h5-7,17,20H,1-4H2,(H,18,21). The van der Waals surface area contributed by atoms with Gasteiger partial charge >= 0.3 is 0 Å². The number of β-amino-alcohol motifs (C(OH)–C–C–N with tert-alkyl or cyclic N) is 1. The Hall–Kier alpha value is -2.74. The number of nitrogens with one attached hydrogen (secondary N) is 2. The summed E-state index contributed by atoms with van der Waals surface area (Å²) in [6, 6.07) is 2.78. The lowest BCUT2D eigenvalue weighted by atomic mass is 10.0. The molecule has 0 aromatic heterocycles. The van der Waals surface area contributed by atoms with Crippen molar-refractivity contribution < 1.29 is 23.9 Å². The van der Waals surface area contributed by atoms with Crippen molar-refractivity contribution in [1.82, 2.24) is 4.90 Å². The molecule has 0 radical (unpaired) electrons. The number of aliphatic hydroxyl groups is 1. The Balaban J connectivity index is 1.83. The number of aryl methyl sites for hydroxylation is 1. The second-order valence-electron chi connectivity index (χ2n) is 5.24. The number of nitrogens with zero attached hydrogens (tertiary/aromatic N) is 1. The van der Waals surface area contributed by atoms with E-state index >= 15 is 0 Å². The number of imide groups is 1. The molecule has 8 heteroatoms. The molecule has 0 saturated carbocycles. The van der Waals surface area contributed by atoms with Crippen LogP contribution in [0.25, 0.3) is 0 Å². The SMILES string of the molecule is O=C1CCc2cc(NC3=CC(=O)N(CCO)C3=O)cc(F)c2N1. The first-order valence-electron chi connectivity index (χ1n) is 7.07. The van der Waals surface area contributed by atoms with Crippen LogP contribution < -0.4 is 10.6 Å². The highest BCUT2D eigenvalue weighted by Gasteiger charge is 2.31. The predicted molar refractivity (Wildman–Crippen MR) is 78.9 cm³/mol. The van der Waals surface area contributed by atoms with Crippen molar-refractivity contribution >= 4 is 29.1 Å². The molecule has 0 spiro atoms. The van der Waals surface area contributed by atoms with Crippen LogP contribution in [0, 0.1) is 5.82 Å². The van der Waals surface area contributed by atoms with Crippen molar-refractivity contribution in [1.29, 1.82) is 0 Å². The fourth-order valence-electron chi connectivity index (χ4n) is 2.59. The lowest BCUT2D eigenvalue weighted by Gasteiger charge is -2.19. The number of fused-ring (bicyclic) bond motifs is 1. The number of hydrogen-bond acceptors (Lipinski definition) is 5. The number of rotatable bonds is 4. The van der Waals surface area contributed by atoms with E-state index < -0.39 is 17.6 Å². The minimum absolute atomic E-state index is 0.0163.